The number of aliphatic imine (C=N–C) groups is 1. The van der Waals surface area contributed by atoms with E-state index in [4.69, 9.17) is 14.5 Å². The number of ether oxygens (including phenoxy) is 2. The molecule has 1 aliphatic carbocycles. The van der Waals surface area contributed by atoms with Crippen molar-refractivity contribution in [1.82, 2.24) is 15.5 Å². The normalized spacial score (nSPS) is 21.4. The summed E-state index contributed by atoms with van der Waals surface area (Å²) < 4.78 is 11.7. The van der Waals surface area contributed by atoms with Gasteiger partial charge in [-0.05, 0) is 32.3 Å². The van der Waals surface area contributed by atoms with Crippen molar-refractivity contribution in [2.45, 2.75) is 58.0 Å². The highest BCUT2D eigenvalue weighted by Gasteiger charge is 2.32. The molecule has 2 heterocycles. The van der Waals surface area contributed by atoms with Crippen molar-refractivity contribution >= 4 is 35.8 Å². The smallest absolute Gasteiger partial charge is 0.225 e. The number of carbonyl (C=O) groups is 1. The molecule has 172 valence electrons. The molecule has 4 rings (SSSR count). The van der Waals surface area contributed by atoms with E-state index in [-0.39, 0.29) is 35.9 Å². The van der Waals surface area contributed by atoms with Crippen molar-refractivity contribution in [3.05, 3.63) is 23.8 Å². The van der Waals surface area contributed by atoms with Gasteiger partial charge in [-0.15, -0.1) is 24.0 Å². The van der Waals surface area contributed by atoms with E-state index in [1.807, 2.05) is 23.1 Å². The molecular formula is C23H35IN4O3. The second-order valence-electron chi connectivity index (χ2n) is 8.39. The number of carbonyl (C=O) groups excluding carboxylic acids is 1. The van der Waals surface area contributed by atoms with Crippen LogP contribution in [0.25, 0.3) is 0 Å². The van der Waals surface area contributed by atoms with E-state index < -0.39 is 0 Å². The highest BCUT2D eigenvalue weighted by molar-refractivity contribution is 14.0. The van der Waals surface area contributed by atoms with Crippen molar-refractivity contribution in [3.63, 3.8) is 0 Å². The fraction of sp³-hybridized carbons (Fsp3) is 0.652. The zero-order valence-electron chi connectivity index (χ0n) is 18.4. The van der Waals surface area contributed by atoms with E-state index in [1.165, 1.54) is 12.8 Å². The van der Waals surface area contributed by atoms with Crippen LogP contribution in [0.2, 0.25) is 0 Å². The number of amides is 1. The summed E-state index contributed by atoms with van der Waals surface area (Å²) in [6.45, 7) is 6.31. The van der Waals surface area contributed by atoms with Crippen LogP contribution in [-0.2, 0) is 11.3 Å². The van der Waals surface area contributed by atoms with Gasteiger partial charge in [-0.1, -0.05) is 25.0 Å². The van der Waals surface area contributed by atoms with Crippen molar-refractivity contribution in [1.29, 1.82) is 0 Å². The van der Waals surface area contributed by atoms with Gasteiger partial charge in [0.1, 0.15) is 0 Å². The number of halogens is 1. The Labute approximate surface area is 202 Å². The molecule has 1 amide bonds. The van der Waals surface area contributed by atoms with Crippen LogP contribution in [0, 0.1) is 5.92 Å². The Morgan fingerprint density at radius 2 is 1.97 bits per heavy atom. The largest absolute Gasteiger partial charge is 0.490 e. The number of fused-ring (bicyclic) bond motifs is 1. The zero-order valence-corrected chi connectivity index (χ0v) is 20.7. The van der Waals surface area contributed by atoms with Crippen molar-refractivity contribution in [2.75, 3.05) is 32.8 Å². The van der Waals surface area contributed by atoms with Gasteiger partial charge in [0, 0.05) is 43.6 Å². The van der Waals surface area contributed by atoms with Crippen LogP contribution in [0.1, 0.15) is 51.0 Å². The van der Waals surface area contributed by atoms with Crippen LogP contribution >= 0.6 is 24.0 Å². The first-order valence-electron chi connectivity index (χ1n) is 11.5. The molecule has 2 N–H and O–H groups in total. The van der Waals surface area contributed by atoms with E-state index in [0.717, 1.165) is 68.3 Å². The predicted octanol–water partition coefficient (Wildman–Crippen LogP) is 3.31. The average Bonchev–Trinajstić information content (AvgIpc) is 3.40. The van der Waals surface area contributed by atoms with E-state index in [0.29, 0.717) is 25.7 Å². The number of para-hydroxylation sites is 1. The van der Waals surface area contributed by atoms with Gasteiger partial charge in [0.05, 0.1) is 19.8 Å². The fourth-order valence-corrected chi connectivity index (χ4v) is 4.57. The highest BCUT2D eigenvalue weighted by Crippen LogP contribution is 2.33. The Morgan fingerprint density at radius 1 is 1.16 bits per heavy atom. The van der Waals surface area contributed by atoms with E-state index in [1.54, 1.807) is 0 Å². The number of likely N-dealkylation sites (tertiary alicyclic amines) is 1. The molecule has 1 unspecified atom stereocenters. The van der Waals surface area contributed by atoms with Crippen molar-refractivity contribution < 1.29 is 14.3 Å². The van der Waals surface area contributed by atoms with Crippen LogP contribution in [-0.4, -0.2) is 55.7 Å². The second-order valence-corrected chi connectivity index (χ2v) is 8.39. The predicted molar refractivity (Wildman–Crippen MR) is 132 cm³/mol. The molecule has 8 heteroatoms. The molecule has 2 aliphatic heterocycles. The molecule has 7 nitrogen and oxygen atoms in total. The van der Waals surface area contributed by atoms with Crippen LogP contribution in [0.4, 0.5) is 0 Å². The molecule has 0 spiro atoms. The minimum absolute atomic E-state index is 0. The van der Waals surface area contributed by atoms with Crippen LogP contribution in [0.5, 0.6) is 11.5 Å². The number of nitrogens with zero attached hydrogens (tertiary/aromatic N) is 2. The van der Waals surface area contributed by atoms with E-state index in [2.05, 4.69) is 17.6 Å². The number of rotatable bonds is 5. The van der Waals surface area contributed by atoms with Gasteiger partial charge in [-0.25, -0.2) is 4.99 Å². The summed E-state index contributed by atoms with van der Waals surface area (Å²) in [5, 5.41) is 6.86. The maximum atomic E-state index is 12.7. The lowest BCUT2D eigenvalue weighted by Crippen LogP contribution is -2.45. The molecule has 2 fully saturated rings. The number of nitrogens with one attached hydrogen (secondary N) is 2. The van der Waals surface area contributed by atoms with Gasteiger partial charge >= 0.3 is 0 Å². The summed E-state index contributed by atoms with van der Waals surface area (Å²) in [5.74, 6) is 2.99. The van der Waals surface area contributed by atoms with Gasteiger partial charge in [0.2, 0.25) is 5.91 Å². The quantitative estimate of drug-likeness (QED) is 0.340. The Hall–Kier alpha value is -1.71. The van der Waals surface area contributed by atoms with Gasteiger partial charge in [0.25, 0.3) is 0 Å². The van der Waals surface area contributed by atoms with Gasteiger partial charge in [0.15, 0.2) is 17.5 Å². The van der Waals surface area contributed by atoms with Gasteiger partial charge < -0.3 is 25.0 Å². The van der Waals surface area contributed by atoms with E-state index in [9.17, 15) is 4.79 Å². The monoisotopic (exact) mass is 542 g/mol. The van der Waals surface area contributed by atoms with Crippen molar-refractivity contribution in [3.8, 4) is 11.5 Å². The molecule has 0 bridgehead atoms. The average molecular weight is 542 g/mol. The maximum Gasteiger partial charge on any atom is 0.225 e. The molecule has 0 radical (unpaired) electrons. The molecule has 1 saturated heterocycles. The summed E-state index contributed by atoms with van der Waals surface area (Å²) in [7, 11) is 0. The third-order valence-electron chi connectivity index (χ3n) is 6.15. The van der Waals surface area contributed by atoms with Gasteiger partial charge in [-0.3, -0.25) is 4.79 Å². The molecule has 31 heavy (non-hydrogen) atoms. The number of hydrogen-bond acceptors (Lipinski definition) is 4. The third-order valence-corrected chi connectivity index (χ3v) is 6.15. The third kappa shape index (κ3) is 6.17. The fourth-order valence-electron chi connectivity index (χ4n) is 4.57. The first-order chi connectivity index (χ1) is 14.7. The molecular weight excluding hydrogens is 507 g/mol. The summed E-state index contributed by atoms with van der Waals surface area (Å²) in [6.07, 6.45) is 6.36. The van der Waals surface area contributed by atoms with Crippen LogP contribution < -0.4 is 20.1 Å². The standard InChI is InChI=1S/C23H34N4O3.HI/c1-2-24-23(25-15-18-9-5-10-20-21(18)30-14-6-13-29-20)26-19-11-12-27(16-19)22(28)17-7-3-4-8-17;/h5,9-10,17,19H,2-4,6-8,11-16H2,1H3,(H2,24,25,26);1H. The zero-order chi connectivity index (χ0) is 20.8. The summed E-state index contributed by atoms with van der Waals surface area (Å²) >= 11 is 0. The lowest BCUT2D eigenvalue weighted by molar-refractivity contribution is -0.134. The number of benzene rings is 1. The molecule has 3 aliphatic rings. The lowest BCUT2D eigenvalue weighted by atomic mass is 10.1. The molecule has 0 aromatic heterocycles. The topological polar surface area (TPSA) is 75.2 Å². The highest BCUT2D eigenvalue weighted by atomic mass is 127. The molecule has 1 aromatic rings. The van der Waals surface area contributed by atoms with Crippen LogP contribution in [0.3, 0.4) is 0 Å². The minimum atomic E-state index is 0. The lowest BCUT2D eigenvalue weighted by Gasteiger charge is -2.21. The Bertz CT molecular complexity index is 767. The molecule has 1 saturated carbocycles. The first-order valence-corrected chi connectivity index (χ1v) is 11.5. The number of hydrogen-bond donors (Lipinski definition) is 2. The van der Waals surface area contributed by atoms with E-state index >= 15 is 0 Å². The van der Waals surface area contributed by atoms with Crippen molar-refractivity contribution in [2.24, 2.45) is 10.9 Å². The molecule has 1 aromatic carbocycles. The summed E-state index contributed by atoms with van der Waals surface area (Å²) in [6, 6.07) is 6.22. The first kappa shape index (κ1) is 23.9. The number of guanidine groups is 1. The Morgan fingerprint density at radius 3 is 2.77 bits per heavy atom. The van der Waals surface area contributed by atoms with Crippen LogP contribution in [0.15, 0.2) is 23.2 Å². The Kier molecular flexibility index (Phi) is 9.10. The maximum absolute atomic E-state index is 12.7. The molecule has 1 atom stereocenters. The SMILES string of the molecule is CCNC(=NCc1cccc2c1OCCCO2)NC1CCN(C(=O)C2CCCC2)C1.I. The second kappa shape index (κ2) is 11.8. The Balaban J connectivity index is 0.00000272. The summed E-state index contributed by atoms with van der Waals surface area (Å²) in [5.41, 5.74) is 1.02. The minimum Gasteiger partial charge on any atom is -0.490 e. The summed E-state index contributed by atoms with van der Waals surface area (Å²) in [4.78, 5) is 19.5. The van der Waals surface area contributed by atoms with Gasteiger partial charge in [-0.2, -0.15) is 0 Å².